The molecule has 0 unspecified atom stereocenters. The minimum absolute atomic E-state index is 0.0375. The fourth-order valence-electron chi connectivity index (χ4n) is 3.20. The first kappa shape index (κ1) is 15.1. The summed E-state index contributed by atoms with van der Waals surface area (Å²) in [4.78, 5) is 20.0. The number of para-hydroxylation sites is 2. The molecule has 0 saturated carbocycles. The van der Waals surface area contributed by atoms with Gasteiger partial charge in [0.25, 0.3) is 0 Å². The molecular formula is C19H19N3O2. The van der Waals surface area contributed by atoms with E-state index < -0.39 is 6.04 Å². The quantitative estimate of drug-likeness (QED) is 0.924. The fraction of sp³-hybridized carbons (Fsp3) is 0.263. The second kappa shape index (κ2) is 6.55. The zero-order chi connectivity index (χ0) is 16.4. The largest absolute Gasteiger partial charge is 0.379 e. The molecule has 0 aliphatic carbocycles. The molecule has 122 valence electrons. The number of ether oxygens (including phenoxy) is 1. The average molecular weight is 321 g/mol. The molecule has 0 bridgehead atoms. The lowest BCUT2D eigenvalue weighted by molar-refractivity contribution is -0.120. The van der Waals surface area contributed by atoms with Crippen molar-refractivity contribution in [2.75, 3.05) is 31.6 Å². The van der Waals surface area contributed by atoms with Crippen LogP contribution in [0.25, 0.3) is 0 Å². The number of hydrogen-bond donors (Lipinski definition) is 1. The van der Waals surface area contributed by atoms with E-state index in [2.05, 4.69) is 10.2 Å². The minimum atomic E-state index is -0.413. The van der Waals surface area contributed by atoms with E-state index >= 15 is 0 Å². The van der Waals surface area contributed by atoms with E-state index in [1.807, 2.05) is 54.6 Å². The van der Waals surface area contributed by atoms with Crippen LogP contribution < -0.4 is 5.32 Å². The van der Waals surface area contributed by atoms with E-state index in [4.69, 9.17) is 9.73 Å². The van der Waals surface area contributed by atoms with Gasteiger partial charge in [0, 0.05) is 13.1 Å². The smallest absolute Gasteiger partial charge is 0.248 e. The van der Waals surface area contributed by atoms with Gasteiger partial charge in [0.05, 0.1) is 30.3 Å². The molecule has 1 atom stereocenters. The number of benzene rings is 2. The highest BCUT2D eigenvalue weighted by Crippen LogP contribution is 2.30. The van der Waals surface area contributed by atoms with Gasteiger partial charge in [-0.05, 0) is 17.7 Å². The van der Waals surface area contributed by atoms with E-state index in [0.29, 0.717) is 13.2 Å². The standard InChI is InChI=1S/C19H19N3O2/c23-19-18(22-10-12-24-13-11-22)17(14-6-2-1-3-7-14)20-15-8-4-5-9-16(15)21-19/h1-9,18H,10-13H2,(H,21,23)/t18-/m0/s1. The topological polar surface area (TPSA) is 53.9 Å². The Morgan fingerprint density at radius 3 is 2.50 bits per heavy atom. The van der Waals surface area contributed by atoms with Crippen LogP contribution in [-0.2, 0) is 9.53 Å². The third kappa shape index (κ3) is 2.84. The Labute approximate surface area is 141 Å². The number of nitrogens with zero attached hydrogens (tertiary/aromatic N) is 2. The Kier molecular flexibility index (Phi) is 4.11. The molecule has 1 amide bonds. The van der Waals surface area contributed by atoms with E-state index in [1.165, 1.54) is 0 Å². The number of carbonyl (C=O) groups excluding carboxylic acids is 1. The summed E-state index contributed by atoms with van der Waals surface area (Å²) in [5.41, 5.74) is 3.31. The number of rotatable bonds is 2. The molecular weight excluding hydrogens is 302 g/mol. The number of aliphatic imine (C=N–C) groups is 1. The second-order valence-electron chi connectivity index (χ2n) is 5.92. The number of anilines is 1. The lowest BCUT2D eigenvalue weighted by Crippen LogP contribution is -2.53. The van der Waals surface area contributed by atoms with Gasteiger partial charge in [-0.15, -0.1) is 0 Å². The van der Waals surface area contributed by atoms with Crippen molar-refractivity contribution in [3.05, 3.63) is 60.2 Å². The van der Waals surface area contributed by atoms with Gasteiger partial charge in [0.2, 0.25) is 5.91 Å². The summed E-state index contributed by atoms with van der Waals surface area (Å²) in [6.07, 6.45) is 0. The van der Waals surface area contributed by atoms with Gasteiger partial charge in [-0.3, -0.25) is 9.69 Å². The molecule has 2 heterocycles. The van der Waals surface area contributed by atoms with E-state index in [9.17, 15) is 4.79 Å². The van der Waals surface area contributed by atoms with E-state index in [-0.39, 0.29) is 5.91 Å². The molecule has 4 rings (SSSR count). The highest BCUT2D eigenvalue weighted by molar-refractivity contribution is 6.22. The predicted molar refractivity (Wildman–Crippen MR) is 93.9 cm³/mol. The average Bonchev–Trinajstić information content (AvgIpc) is 2.79. The fourth-order valence-corrected chi connectivity index (χ4v) is 3.20. The molecule has 2 aliphatic rings. The molecule has 0 spiro atoms. The SMILES string of the molecule is O=C1Nc2ccccc2N=C(c2ccccc2)[C@@H]1N1CCOCC1. The Balaban J connectivity index is 1.83. The molecule has 0 radical (unpaired) electrons. The number of carbonyl (C=O) groups is 1. The molecule has 2 aliphatic heterocycles. The molecule has 1 fully saturated rings. The van der Waals surface area contributed by atoms with Crippen molar-refractivity contribution in [2.24, 2.45) is 4.99 Å². The molecule has 24 heavy (non-hydrogen) atoms. The van der Waals surface area contributed by atoms with Gasteiger partial charge in [-0.2, -0.15) is 0 Å². The Bertz CT molecular complexity index is 767. The third-order valence-electron chi connectivity index (χ3n) is 4.39. The number of nitrogens with one attached hydrogen (secondary N) is 1. The van der Waals surface area contributed by atoms with Crippen LogP contribution in [0, 0.1) is 0 Å². The van der Waals surface area contributed by atoms with Crippen LogP contribution in [0.5, 0.6) is 0 Å². The van der Waals surface area contributed by atoms with Gasteiger partial charge in [-0.1, -0.05) is 42.5 Å². The summed E-state index contributed by atoms with van der Waals surface area (Å²) in [6.45, 7) is 2.72. The van der Waals surface area contributed by atoms with Crippen LogP contribution in [-0.4, -0.2) is 48.9 Å². The third-order valence-corrected chi connectivity index (χ3v) is 4.39. The minimum Gasteiger partial charge on any atom is -0.379 e. The van der Waals surface area contributed by atoms with Crippen LogP contribution in [0.4, 0.5) is 11.4 Å². The Hall–Kier alpha value is -2.50. The van der Waals surface area contributed by atoms with Gasteiger partial charge < -0.3 is 10.1 Å². The first-order valence-corrected chi connectivity index (χ1v) is 8.18. The van der Waals surface area contributed by atoms with Crippen molar-refractivity contribution in [1.82, 2.24) is 4.90 Å². The van der Waals surface area contributed by atoms with Gasteiger partial charge in [0.15, 0.2) is 0 Å². The maximum absolute atomic E-state index is 13.0. The molecule has 1 saturated heterocycles. The summed E-state index contributed by atoms with van der Waals surface area (Å²) in [5, 5.41) is 3.03. The number of amides is 1. The van der Waals surface area contributed by atoms with Crippen molar-refractivity contribution in [3.8, 4) is 0 Å². The summed E-state index contributed by atoms with van der Waals surface area (Å²) in [6, 6.07) is 17.2. The number of fused-ring (bicyclic) bond motifs is 1. The first-order chi connectivity index (χ1) is 11.8. The van der Waals surface area contributed by atoms with E-state index in [1.54, 1.807) is 0 Å². The highest BCUT2D eigenvalue weighted by Gasteiger charge is 2.34. The predicted octanol–water partition coefficient (Wildman–Crippen LogP) is 2.46. The Morgan fingerprint density at radius 1 is 1.00 bits per heavy atom. The maximum atomic E-state index is 13.0. The summed E-state index contributed by atoms with van der Waals surface area (Å²) in [5.74, 6) is -0.0375. The van der Waals surface area contributed by atoms with Crippen LogP contribution in [0.3, 0.4) is 0 Å². The molecule has 1 N–H and O–H groups in total. The normalized spacial score (nSPS) is 21.4. The number of morpholine rings is 1. The Morgan fingerprint density at radius 2 is 1.71 bits per heavy atom. The molecule has 5 nitrogen and oxygen atoms in total. The van der Waals surface area contributed by atoms with Crippen molar-refractivity contribution in [3.63, 3.8) is 0 Å². The zero-order valence-corrected chi connectivity index (χ0v) is 13.3. The molecule has 0 aromatic heterocycles. The highest BCUT2D eigenvalue weighted by atomic mass is 16.5. The van der Waals surface area contributed by atoms with E-state index in [0.717, 1.165) is 35.7 Å². The van der Waals surface area contributed by atoms with Crippen LogP contribution in [0.1, 0.15) is 5.56 Å². The summed E-state index contributed by atoms with van der Waals surface area (Å²) in [7, 11) is 0. The van der Waals surface area contributed by atoms with Crippen molar-refractivity contribution in [2.45, 2.75) is 6.04 Å². The van der Waals surface area contributed by atoms with Crippen LogP contribution >= 0.6 is 0 Å². The molecule has 2 aromatic carbocycles. The molecule has 2 aromatic rings. The van der Waals surface area contributed by atoms with Crippen LogP contribution in [0.15, 0.2) is 59.6 Å². The van der Waals surface area contributed by atoms with Crippen molar-refractivity contribution >= 4 is 23.0 Å². The van der Waals surface area contributed by atoms with Gasteiger partial charge in [-0.25, -0.2) is 4.99 Å². The molecule has 5 heteroatoms. The zero-order valence-electron chi connectivity index (χ0n) is 13.3. The monoisotopic (exact) mass is 321 g/mol. The van der Waals surface area contributed by atoms with Gasteiger partial charge in [0.1, 0.15) is 6.04 Å². The summed E-state index contributed by atoms with van der Waals surface area (Å²) >= 11 is 0. The first-order valence-electron chi connectivity index (χ1n) is 8.18. The van der Waals surface area contributed by atoms with Crippen molar-refractivity contribution < 1.29 is 9.53 Å². The van der Waals surface area contributed by atoms with Gasteiger partial charge >= 0.3 is 0 Å². The lowest BCUT2D eigenvalue weighted by atomic mass is 10.0. The van der Waals surface area contributed by atoms with Crippen LogP contribution in [0.2, 0.25) is 0 Å². The maximum Gasteiger partial charge on any atom is 0.248 e. The van der Waals surface area contributed by atoms with Crippen molar-refractivity contribution in [1.29, 1.82) is 0 Å². The second-order valence-corrected chi connectivity index (χ2v) is 5.92. The summed E-state index contributed by atoms with van der Waals surface area (Å²) < 4.78 is 5.45. The number of hydrogen-bond acceptors (Lipinski definition) is 4. The lowest BCUT2D eigenvalue weighted by Gasteiger charge is -2.33.